The molecule has 0 aliphatic rings. The van der Waals surface area contributed by atoms with Crippen molar-refractivity contribution in [1.82, 2.24) is 0 Å². The fourth-order valence-electron chi connectivity index (χ4n) is 3.52. The molecule has 3 aromatic carbocycles. The molecule has 0 aromatic heterocycles. The zero-order chi connectivity index (χ0) is 20.1. The smallest absolute Gasteiger partial charge is 0.0134 e. The lowest BCUT2D eigenvalue weighted by molar-refractivity contribution is 0.734. The molecule has 1 heteroatoms. The van der Waals surface area contributed by atoms with Crippen LogP contribution in [0.4, 0.5) is 0 Å². The molecule has 2 unspecified atom stereocenters. The van der Waals surface area contributed by atoms with E-state index >= 15 is 0 Å². The van der Waals surface area contributed by atoms with Gasteiger partial charge >= 0.3 is 0 Å². The quantitative estimate of drug-likeness (QED) is 0.391. The highest BCUT2D eigenvalue weighted by Crippen LogP contribution is 2.34. The Hall–Kier alpha value is -1.91. The molecule has 0 radical (unpaired) electrons. The molecule has 0 saturated heterocycles. The van der Waals surface area contributed by atoms with Gasteiger partial charge in [0.1, 0.15) is 0 Å². The van der Waals surface area contributed by atoms with Crippen molar-refractivity contribution in [3.63, 3.8) is 0 Å². The summed E-state index contributed by atoms with van der Waals surface area (Å²) in [5.41, 5.74) is 4.20. The summed E-state index contributed by atoms with van der Waals surface area (Å²) >= 11 is 0. The molecule has 0 nitrogen and oxygen atoms in total. The lowest BCUT2D eigenvalue weighted by atomic mass is 9.99. The van der Waals surface area contributed by atoms with Crippen LogP contribution in [0.25, 0.3) is 0 Å². The summed E-state index contributed by atoms with van der Waals surface area (Å²) in [4.78, 5) is 0. The lowest BCUT2D eigenvalue weighted by Gasteiger charge is -2.21. The van der Waals surface area contributed by atoms with E-state index < -0.39 is 7.92 Å². The average Bonchev–Trinajstić information content (AvgIpc) is 2.75. The predicted molar refractivity (Wildman–Crippen MR) is 127 cm³/mol. The first kappa shape index (κ1) is 20.8. The summed E-state index contributed by atoms with van der Waals surface area (Å²) in [6, 6.07) is 27.9. The Kier molecular flexibility index (Phi) is 7.08. The average molecular weight is 389 g/mol. The number of rotatable bonds is 7. The number of aryl methyl sites for hydroxylation is 1. The first-order valence-corrected chi connectivity index (χ1v) is 11.9. The van der Waals surface area contributed by atoms with Crippen LogP contribution >= 0.6 is 7.92 Å². The van der Waals surface area contributed by atoms with Crippen molar-refractivity contribution in [1.29, 1.82) is 0 Å². The van der Waals surface area contributed by atoms with Gasteiger partial charge in [0.15, 0.2) is 0 Å². The van der Waals surface area contributed by atoms with E-state index in [1.807, 2.05) is 0 Å². The van der Waals surface area contributed by atoms with Crippen molar-refractivity contribution < 1.29 is 0 Å². The van der Waals surface area contributed by atoms with E-state index in [2.05, 4.69) is 107 Å². The van der Waals surface area contributed by atoms with Gasteiger partial charge in [-0.3, -0.25) is 0 Å². The fourth-order valence-corrected chi connectivity index (χ4v) is 5.75. The summed E-state index contributed by atoms with van der Waals surface area (Å²) in [6.07, 6.45) is 2.37. The van der Waals surface area contributed by atoms with Gasteiger partial charge in [-0.15, -0.1) is 0 Å². The van der Waals surface area contributed by atoms with Crippen LogP contribution < -0.4 is 15.9 Å². The van der Waals surface area contributed by atoms with Crippen molar-refractivity contribution in [2.24, 2.45) is 0 Å². The highest BCUT2D eigenvalue weighted by Gasteiger charge is 2.17. The molecule has 28 heavy (non-hydrogen) atoms. The second kappa shape index (κ2) is 9.53. The van der Waals surface area contributed by atoms with Crippen LogP contribution in [0.5, 0.6) is 0 Å². The lowest BCUT2D eigenvalue weighted by Crippen LogP contribution is -2.21. The Morgan fingerprint density at radius 1 is 0.571 bits per heavy atom. The standard InChI is InChI=1S/C27H33P/c1-6-21(4)23-10-16-26(17-11-23)28(25-14-8-20(3)9-15-25)27-18-12-24(13-19-27)22(5)7-2/h8-19,21-22H,6-7H2,1-5H3. The normalized spacial score (nSPS) is 14.5. The molecular formula is C27H33P. The largest absolute Gasteiger partial charge is 0.0648 e. The first-order valence-electron chi connectivity index (χ1n) is 10.6. The Morgan fingerprint density at radius 2 is 0.893 bits per heavy atom. The van der Waals surface area contributed by atoms with E-state index in [0.29, 0.717) is 11.8 Å². The SMILES string of the molecule is CCC(C)c1ccc(P(c2ccc(C)cc2)c2ccc(C(C)CC)cc2)cc1. The van der Waals surface area contributed by atoms with Crippen LogP contribution in [-0.2, 0) is 0 Å². The van der Waals surface area contributed by atoms with Gasteiger partial charge < -0.3 is 0 Å². The van der Waals surface area contributed by atoms with E-state index in [1.165, 1.54) is 45.4 Å². The Labute approximate surface area is 172 Å². The Balaban J connectivity index is 2.01. The molecule has 0 aliphatic heterocycles. The number of benzene rings is 3. The van der Waals surface area contributed by atoms with Crippen LogP contribution in [0.1, 0.15) is 69.1 Å². The van der Waals surface area contributed by atoms with Gasteiger partial charge in [0, 0.05) is 0 Å². The maximum atomic E-state index is 2.36. The minimum absolute atomic E-state index is 0.530. The summed E-state index contributed by atoms with van der Waals surface area (Å²) in [7, 11) is -0.530. The molecule has 0 bridgehead atoms. The van der Waals surface area contributed by atoms with Crippen LogP contribution in [0.2, 0.25) is 0 Å². The number of hydrogen-bond donors (Lipinski definition) is 0. The fraction of sp³-hybridized carbons (Fsp3) is 0.333. The van der Waals surface area contributed by atoms with E-state index in [4.69, 9.17) is 0 Å². The molecule has 146 valence electrons. The zero-order valence-corrected chi connectivity index (χ0v) is 18.8. The summed E-state index contributed by atoms with van der Waals surface area (Å²) in [5, 5.41) is 4.29. The van der Waals surface area contributed by atoms with Gasteiger partial charge in [-0.25, -0.2) is 0 Å². The van der Waals surface area contributed by atoms with Crippen LogP contribution in [0.3, 0.4) is 0 Å². The molecule has 0 fully saturated rings. The summed E-state index contributed by atoms with van der Waals surface area (Å²) < 4.78 is 0. The maximum absolute atomic E-state index is 2.36. The maximum Gasteiger partial charge on any atom is -0.0134 e. The highest BCUT2D eigenvalue weighted by atomic mass is 31.1. The summed E-state index contributed by atoms with van der Waals surface area (Å²) in [5.74, 6) is 1.24. The second-order valence-corrected chi connectivity index (χ2v) is 10.2. The molecule has 0 spiro atoms. The topological polar surface area (TPSA) is 0 Å². The first-order chi connectivity index (χ1) is 13.5. The van der Waals surface area contributed by atoms with Crippen molar-refractivity contribution in [3.8, 4) is 0 Å². The molecule has 3 aromatic rings. The minimum atomic E-state index is -0.530. The summed E-state index contributed by atoms with van der Waals surface area (Å²) in [6.45, 7) is 11.3. The minimum Gasteiger partial charge on any atom is -0.0648 e. The van der Waals surface area contributed by atoms with Gasteiger partial charge in [-0.2, -0.15) is 0 Å². The highest BCUT2D eigenvalue weighted by molar-refractivity contribution is 7.79. The monoisotopic (exact) mass is 388 g/mol. The Morgan fingerprint density at radius 3 is 1.21 bits per heavy atom. The van der Waals surface area contributed by atoms with Gasteiger partial charge in [-0.1, -0.05) is 106 Å². The second-order valence-electron chi connectivity index (χ2n) is 7.97. The van der Waals surface area contributed by atoms with Crippen molar-refractivity contribution >= 4 is 23.8 Å². The number of hydrogen-bond acceptors (Lipinski definition) is 0. The van der Waals surface area contributed by atoms with Gasteiger partial charge in [0.25, 0.3) is 0 Å². The Bertz CT molecular complexity index is 806. The third-order valence-corrected chi connectivity index (χ3v) is 8.40. The van der Waals surface area contributed by atoms with E-state index in [0.717, 1.165) is 0 Å². The molecule has 0 heterocycles. The van der Waals surface area contributed by atoms with Crippen molar-refractivity contribution in [2.75, 3.05) is 0 Å². The predicted octanol–water partition coefficient (Wildman–Crippen LogP) is 6.78. The van der Waals surface area contributed by atoms with Gasteiger partial charge in [0.05, 0.1) is 0 Å². The van der Waals surface area contributed by atoms with Crippen LogP contribution in [0.15, 0.2) is 72.8 Å². The molecular weight excluding hydrogens is 355 g/mol. The zero-order valence-electron chi connectivity index (χ0n) is 17.9. The van der Waals surface area contributed by atoms with Gasteiger partial charge in [0.2, 0.25) is 0 Å². The van der Waals surface area contributed by atoms with Crippen LogP contribution in [-0.4, -0.2) is 0 Å². The molecule has 0 amide bonds. The third kappa shape index (κ3) is 4.73. The van der Waals surface area contributed by atoms with Crippen LogP contribution in [0, 0.1) is 6.92 Å². The van der Waals surface area contributed by atoms with Gasteiger partial charge in [-0.05, 0) is 66.6 Å². The van der Waals surface area contributed by atoms with Crippen molar-refractivity contribution in [2.45, 2.75) is 59.3 Å². The van der Waals surface area contributed by atoms with Crippen molar-refractivity contribution in [3.05, 3.63) is 89.5 Å². The molecule has 0 N–H and O–H groups in total. The van der Waals surface area contributed by atoms with E-state index in [1.54, 1.807) is 0 Å². The molecule has 0 saturated carbocycles. The molecule has 2 atom stereocenters. The van der Waals surface area contributed by atoms with E-state index in [-0.39, 0.29) is 0 Å². The third-order valence-electron chi connectivity index (χ3n) is 5.96. The molecule has 0 aliphatic carbocycles. The van der Waals surface area contributed by atoms with E-state index in [9.17, 15) is 0 Å². The molecule has 3 rings (SSSR count).